The number of nitrogen functional groups attached to an aromatic ring is 1. The normalized spacial score (nSPS) is 26.9. The fourth-order valence-corrected chi connectivity index (χ4v) is 8.35. The number of aliphatic carboxylic acids is 1. The summed E-state index contributed by atoms with van der Waals surface area (Å²) in [6, 6.07) is 7.80. The van der Waals surface area contributed by atoms with Crippen LogP contribution in [0.5, 0.6) is 0 Å². The van der Waals surface area contributed by atoms with Gasteiger partial charge in [-0.05, 0) is 112 Å². The number of aliphatic hydroxyl groups excluding tert-OH is 3. The lowest BCUT2D eigenvalue weighted by Crippen LogP contribution is -2.37. The van der Waals surface area contributed by atoms with Gasteiger partial charge in [0.05, 0.1) is 23.7 Å². The number of nitrogens with one attached hydrogen (secondary N) is 1. The van der Waals surface area contributed by atoms with Crippen LogP contribution in [0.15, 0.2) is 42.6 Å². The lowest BCUT2D eigenvalue weighted by molar-refractivity contribution is -0.146. The molecule has 9 heteroatoms. The molecule has 268 valence electrons. The summed E-state index contributed by atoms with van der Waals surface area (Å²) in [7, 11) is 0. The van der Waals surface area contributed by atoms with Gasteiger partial charge in [-0.3, -0.25) is 4.79 Å². The Morgan fingerprint density at radius 1 is 1.04 bits per heavy atom. The van der Waals surface area contributed by atoms with Gasteiger partial charge in [0.1, 0.15) is 5.82 Å². The summed E-state index contributed by atoms with van der Waals surface area (Å²) in [6.07, 6.45) is 18.1. The number of carbonyl (C=O) groups is 1. The first-order valence-electron chi connectivity index (χ1n) is 18.6. The van der Waals surface area contributed by atoms with Crippen molar-refractivity contribution in [2.24, 2.45) is 29.6 Å². The second-order valence-corrected chi connectivity index (χ2v) is 14.9. The van der Waals surface area contributed by atoms with Crippen molar-refractivity contribution < 1.29 is 30.3 Å². The zero-order chi connectivity index (χ0) is 34.5. The highest BCUT2D eigenvalue weighted by Gasteiger charge is 2.46. The second kappa shape index (κ2) is 18.9. The van der Waals surface area contributed by atoms with E-state index in [1.807, 2.05) is 24.3 Å². The van der Waals surface area contributed by atoms with Gasteiger partial charge in [-0.2, -0.15) is 0 Å². The van der Waals surface area contributed by atoms with Gasteiger partial charge in [-0.25, -0.2) is 4.98 Å². The second-order valence-electron chi connectivity index (χ2n) is 14.9. The molecule has 0 radical (unpaired) electrons. The third kappa shape index (κ3) is 11.4. The van der Waals surface area contributed by atoms with Crippen LogP contribution in [0.3, 0.4) is 0 Å². The molecule has 0 spiro atoms. The smallest absolute Gasteiger partial charge is 0.309 e. The molecular formula is C39H61N3O6. The van der Waals surface area contributed by atoms with E-state index in [2.05, 4.69) is 29.0 Å². The van der Waals surface area contributed by atoms with Crippen LogP contribution in [0, 0.1) is 29.6 Å². The Bertz CT molecular complexity index is 1280. The largest absolute Gasteiger partial charge is 0.481 e. The molecule has 4 rings (SSSR count). The Morgan fingerprint density at radius 2 is 1.83 bits per heavy atom. The maximum Gasteiger partial charge on any atom is 0.309 e. The Balaban J connectivity index is 1.28. The number of pyridine rings is 1. The number of hydrogen-bond acceptors (Lipinski definition) is 7. The van der Waals surface area contributed by atoms with E-state index in [-0.39, 0.29) is 36.9 Å². The van der Waals surface area contributed by atoms with Crippen LogP contribution in [0.4, 0.5) is 5.82 Å². The number of nitrogens with two attached hydrogens (primary N) is 1. The van der Waals surface area contributed by atoms with Crippen molar-refractivity contribution >= 4 is 11.8 Å². The number of nitrogens with zero attached hydrogens (tertiary/aromatic N) is 1. The van der Waals surface area contributed by atoms with Crippen molar-refractivity contribution in [1.29, 1.82) is 0 Å². The molecule has 0 aromatic carbocycles. The van der Waals surface area contributed by atoms with Gasteiger partial charge >= 0.3 is 5.97 Å². The van der Waals surface area contributed by atoms with Crippen LogP contribution < -0.4 is 5.73 Å². The van der Waals surface area contributed by atoms with Gasteiger partial charge in [0.2, 0.25) is 0 Å². The van der Waals surface area contributed by atoms with Crippen LogP contribution in [-0.4, -0.2) is 65.9 Å². The number of anilines is 1. The first-order valence-corrected chi connectivity index (χ1v) is 18.6. The van der Waals surface area contributed by atoms with Crippen LogP contribution in [-0.2, 0) is 24.1 Å². The van der Waals surface area contributed by atoms with E-state index in [1.165, 1.54) is 19.3 Å². The van der Waals surface area contributed by atoms with Gasteiger partial charge in [0.15, 0.2) is 0 Å². The van der Waals surface area contributed by atoms with E-state index in [0.717, 1.165) is 61.9 Å². The molecular weight excluding hydrogens is 606 g/mol. The number of unbranched alkanes of at least 4 members (excludes halogenated alkanes) is 4. The van der Waals surface area contributed by atoms with E-state index in [9.17, 15) is 30.3 Å². The van der Waals surface area contributed by atoms with Crippen molar-refractivity contribution in [3.63, 3.8) is 0 Å². The summed E-state index contributed by atoms with van der Waals surface area (Å²) in [5.41, 5.74) is 7.91. The quantitative estimate of drug-likeness (QED) is 0.0628. The standard InChI is InChI=1S/C39H61N3O6/c1-2-3-5-8-27-11-12-30(36(45)23-27)9-6-4-7-10-34(38(46)47)35(44)15-18-39(48)26-29(21-28-16-19-41-37(40)24-28)22-31(39)25-33-14-13-32(42-33)17-20-43/h11-14,16,19,24,27,29-31,34-36,42-45,48H,2-10,15,17-18,20-23,25-26H2,1H3,(H2,40,41)(H,46,47)/t27-,29-,30-,31+,34+,35-,36-,39+/m1/s1. The lowest BCUT2D eigenvalue weighted by atomic mass is 9.80. The lowest BCUT2D eigenvalue weighted by Gasteiger charge is -2.32. The van der Waals surface area contributed by atoms with Gasteiger partial charge in [0.25, 0.3) is 0 Å². The molecule has 9 nitrogen and oxygen atoms in total. The Hall–Kier alpha value is -2.72. The molecule has 8 atom stereocenters. The van der Waals surface area contributed by atoms with Gasteiger partial charge in [-0.15, -0.1) is 0 Å². The summed E-state index contributed by atoms with van der Waals surface area (Å²) in [5, 5.41) is 53.2. The number of rotatable bonds is 21. The molecule has 2 aromatic rings. The van der Waals surface area contributed by atoms with E-state index in [4.69, 9.17) is 5.73 Å². The summed E-state index contributed by atoms with van der Waals surface area (Å²) in [4.78, 5) is 19.7. The van der Waals surface area contributed by atoms with Gasteiger partial charge in [0, 0.05) is 36.5 Å². The molecule has 2 aliphatic carbocycles. The molecule has 2 heterocycles. The number of aromatic amines is 1. The fourth-order valence-electron chi connectivity index (χ4n) is 8.35. The number of carboxylic acids is 1. The summed E-state index contributed by atoms with van der Waals surface area (Å²) in [6.45, 7) is 2.27. The minimum absolute atomic E-state index is 0.0615. The number of hydrogen-bond donors (Lipinski definition) is 7. The predicted molar refractivity (Wildman–Crippen MR) is 189 cm³/mol. The van der Waals surface area contributed by atoms with Crippen molar-refractivity contribution in [2.45, 2.75) is 134 Å². The number of allylic oxidation sites excluding steroid dienone is 1. The Kier molecular flexibility index (Phi) is 15.0. The van der Waals surface area contributed by atoms with E-state index >= 15 is 0 Å². The third-order valence-electron chi connectivity index (χ3n) is 11.1. The molecule has 0 unspecified atom stereocenters. The Labute approximate surface area is 287 Å². The number of aromatic nitrogens is 2. The highest BCUT2D eigenvalue weighted by atomic mass is 16.4. The monoisotopic (exact) mass is 667 g/mol. The number of aliphatic hydroxyl groups is 4. The average Bonchev–Trinajstić information content (AvgIpc) is 3.61. The van der Waals surface area contributed by atoms with E-state index in [1.54, 1.807) is 6.20 Å². The number of carboxylic acid groups (broad SMARTS) is 1. The molecule has 1 saturated carbocycles. The third-order valence-corrected chi connectivity index (χ3v) is 11.1. The molecule has 48 heavy (non-hydrogen) atoms. The van der Waals surface area contributed by atoms with Crippen LogP contribution in [0.1, 0.15) is 114 Å². The SMILES string of the molecule is CCCCC[C@@H]1C=C[C@@H](CCCCC[C@H](C(=O)O)[C@H](O)CC[C@]2(O)C[C@H](Cc3ccnc(N)c3)C[C@H]2Cc2ccc(CCO)[nH]2)[C@H](O)C1. The zero-order valence-electron chi connectivity index (χ0n) is 29.0. The highest BCUT2D eigenvalue weighted by Crippen LogP contribution is 2.46. The first-order chi connectivity index (χ1) is 23.1. The van der Waals surface area contributed by atoms with Crippen LogP contribution >= 0.6 is 0 Å². The zero-order valence-corrected chi connectivity index (χ0v) is 29.0. The molecule has 2 aromatic heterocycles. The van der Waals surface area contributed by atoms with E-state index in [0.29, 0.717) is 50.3 Å². The first kappa shape index (κ1) is 38.1. The highest BCUT2D eigenvalue weighted by molar-refractivity contribution is 5.70. The maximum absolute atomic E-state index is 12.2. The number of H-pyrrole nitrogens is 1. The predicted octanol–water partition coefficient (Wildman–Crippen LogP) is 6.00. The molecule has 1 fully saturated rings. The maximum atomic E-state index is 12.2. The van der Waals surface area contributed by atoms with Crippen molar-refractivity contribution in [2.75, 3.05) is 12.3 Å². The minimum Gasteiger partial charge on any atom is -0.481 e. The molecule has 2 aliphatic rings. The van der Waals surface area contributed by atoms with Gasteiger partial charge < -0.3 is 36.3 Å². The summed E-state index contributed by atoms with van der Waals surface area (Å²) >= 11 is 0. The molecule has 0 bridgehead atoms. The van der Waals surface area contributed by atoms with Crippen LogP contribution in [0.25, 0.3) is 0 Å². The van der Waals surface area contributed by atoms with Crippen molar-refractivity contribution in [3.05, 3.63) is 59.6 Å². The minimum atomic E-state index is -1.04. The van der Waals surface area contributed by atoms with Crippen LogP contribution in [0.2, 0.25) is 0 Å². The molecule has 0 saturated heterocycles. The summed E-state index contributed by atoms with van der Waals surface area (Å²) in [5.74, 6) is -0.606. The molecule has 0 aliphatic heterocycles. The van der Waals surface area contributed by atoms with Crippen molar-refractivity contribution in [1.82, 2.24) is 9.97 Å². The van der Waals surface area contributed by atoms with E-state index < -0.39 is 23.6 Å². The summed E-state index contributed by atoms with van der Waals surface area (Å²) < 4.78 is 0. The molecule has 0 amide bonds. The molecule has 8 N–H and O–H groups in total. The van der Waals surface area contributed by atoms with Gasteiger partial charge in [-0.1, -0.05) is 57.6 Å². The Morgan fingerprint density at radius 3 is 2.56 bits per heavy atom. The fraction of sp³-hybridized carbons (Fsp3) is 0.692. The average molecular weight is 668 g/mol. The van der Waals surface area contributed by atoms with Crippen molar-refractivity contribution in [3.8, 4) is 0 Å². The topological polar surface area (TPSA) is 173 Å².